The van der Waals surface area contributed by atoms with Crippen LogP contribution in [0, 0.1) is 0 Å². The van der Waals surface area contributed by atoms with Gasteiger partial charge in [-0.15, -0.1) is 0 Å². The van der Waals surface area contributed by atoms with Crippen molar-refractivity contribution in [3.63, 3.8) is 0 Å². The summed E-state index contributed by atoms with van der Waals surface area (Å²) in [6.07, 6.45) is 5.89. The molecule has 0 radical (unpaired) electrons. The van der Waals surface area contributed by atoms with E-state index in [2.05, 4.69) is 12.2 Å². The van der Waals surface area contributed by atoms with Crippen LogP contribution in [0.25, 0.3) is 0 Å². The number of ether oxygens (including phenoxy) is 2. The molecule has 0 aromatic heterocycles. The number of hydrogen-bond acceptors (Lipinski definition) is 2. The third kappa shape index (κ3) is 0.288. The summed E-state index contributed by atoms with van der Waals surface area (Å²) in [6, 6.07) is 0. The summed E-state index contributed by atoms with van der Waals surface area (Å²) in [5.74, 6) is 0. The Morgan fingerprint density at radius 1 is 0.875 bits per heavy atom. The minimum absolute atomic E-state index is 0.416. The van der Waals surface area contributed by atoms with Crippen molar-refractivity contribution in [3.8, 4) is 0 Å². The van der Waals surface area contributed by atoms with Crippen LogP contribution in [0.4, 0.5) is 0 Å². The maximum absolute atomic E-state index is 5.22. The van der Waals surface area contributed by atoms with E-state index in [4.69, 9.17) is 9.47 Å². The van der Waals surface area contributed by atoms with Gasteiger partial charge in [0.15, 0.2) is 0 Å². The van der Waals surface area contributed by atoms with Crippen molar-refractivity contribution < 1.29 is 9.47 Å². The van der Waals surface area contributed by atoms with Crippen LogP contribution >= 0.6 is 0 Å². The molecule has 2 nitrogen and oxygen atoms in total. The van der Waals surface area contributed by atoms with Crippen molar-refractivity contribution in [2.24, 2.45) is 0 Å². The zero-order valence-electron chi connectivity index (χ0n) is 4.28. The van der Waals surface area contributed by atoms with Gasteiger partial charge < -0.3 is 9.47 Å². The molecule has 4 atom stereocenters. The molecule has 0 bridgehead atoms. The van der Waals surface area contributed by atoms with Crippen LogP contribution < -0.4 is 0 Å². The first-order valence-corrected chi connectivity index (χ1v) is 2.94. The Balaban J connectivity index is 2.03. The molecular weight excluding hydrogens is 104 g/mol. The van der Waals surface area contributed by atoms with E-state index in [1.165, 1.54) is 0 Å². The summed E-state index contributed by atoms with van der Waals surface area (Å²) in [6.45, 7) is 0. The zero-order chi connectivity index (χ0) is 5.14. The normalized spacial score (nSPS) is 64.0. The lowest BCUT2D eigenvalue weighted by atomic mass is 10.1. The molecule has 8 heavy (non-hydrogen) atoms. The zero-order valence-corrected chi connectivity index (χ0v) is 4.28. The van der Waals surface area contributed by atoms with E-state index in [9.17, 15) is 0 Å². The predicted molar refractivity (Wildman–Crippen MR) is 26.5 cm³/mol. The molecule has 0 spiro atoms. The number of hydrogen-bond donors (Lipinski definition) is 0. The monoisotopic (exact) mass is 110 g/mol. The van der Waals surface area contributed by atoms with E-state index < -0.39 is 0 Å². The summed E-state index contributed by atoms with van der Waals surface area (Å²) >= 11 is 0. The molecular formula is C6H6O2. The van der Waals surface area contributed by atoms with Crippen LogP contribution in [-0.4, -0.2) is 24.4 Å². The predicted octanol–water partition coefficient (Wildman–Crippen LogP) is 0.0910. The van der Waals surface area contributed by atoms with E-state index in [1.807, 2.05) is 0 Å². The van der Waals surface area contributed by atoms with Gasteiger partial charge in [0.05, 0.1) is 0 Å². The van der Waals surface area contributed by atoms with E-state index in [1.54, 1.807) is 0 Å². The first-order chi connectivity index (χ1) is 3.95. The van der Waals surface area contributed by atoms with E-state index >= 15 is 0 Å². The molecule has 0 aromatic rings. The lowest BCUT2D eigenvalue weighted by Gasteiger charge is -1.85. The smallest absolute Gasteiger partial charge is 0.117 e. The van der Waals surface area contributed by atoms with Gasteiger partial charge in [-0.2, -0.15) is 0 Å². The summed E-state index contributed by atoms with van der Waals surface area (Å²) in [4.78, 5) is 0. The van der Waals surface area contributed by atoms with Gasteiger partial charge in [-0.3, -0.25) is 0 Å². The summed E-state index contributed by atoms with van der Waals surface area (Å²) in [5.41, 5.74) is 0. The molecule has 2 saturated heterocycles. The van der Waals surface area contributed by atoms with Gasteiger partial charge in [-0.1, -0.05) is 12.2 Å². The van der Waals surface area contributed by atoms with Crippen LogP contribution in [0.5, 0.6) is 0 Å². The van der Waals surface area contributed by atoms with Gasteiger partial charge in [0.25, 0.3) is 0 Å². The van der Waals surface area contributed by atoms with Gasteiger partial charge in [0.1, 0.15) is 24.4 Å². The second-order valence-electron chi connectivity index (χ2n) is 2.52. The van der Waals surface area contributed by atoms with E-state index in [-0.39, 0.29) is 0 Å². The van der Waals surface area contributed by atoms with Crippen molar-refractivity contribution in [1.29, 1.82) is 0 Å². The fourth-order valence-corrected chi connectivity index (χ4v) is 1.33. The third-order valence-corrected chi connectivity index (χ3v) is 1.94. The van der Waals surface area contributed by atoms with Crippen molar-refractivity contribution >= 4 is 0 Å². The first-order valence-electron chi connectivity index (χ1n) is 2.94. The summed E-state index contributed by atoms with van der Waals surface area (Å²) in [5, 5.41) is 0. The van der Waals surface area contributed by atoms with Crippen molar-refractivity contribution in [2.45, 2.75) is 24.4 Å². The number of epoxide rings is 2. The van der Waals surface area contributed by atoms with Gasteiger partial charge in [0, 0.05) is 0 Å². The number of fused-ring (bicyclic) bond motifs is 3. The highest BCUT2D eigenvalue weighted by Crippen LogP contribution is 2.43. The molecule has 0 amide bonds. The van der Waals surface area contributed by atoms with Gasteiger partial charge >= 0.3 is 0 Å². The maximum atomic E-state index is 5.22. The standard InChI is InChI=1S/C6H6O2/c1-2-4-6(8-4)5-3(1)7-5/h1-6H/t3-,4-,5-,6-/m0/s1. The van der Waals surface area contributed by atoms with Crippen LogP contribution in [0.2, 0.25) is 0 Å². The molecule has 2 heterocycles. The molecule has 0 unspecified atom stereocenters. The average Bonchev–Trinajstić information content (AvgIpc) is 2.59. The molecule has 1 aliphatic carbocycles. The fourth-order valence-electron chi connectivity index (χ4n) is 1.33. The van der Waals surface area contributed by atoms with Gasteiger partial charge in [-0.25, -0.2) is 0 Å². The van der Waals surface area contributed by atoms with Gasteiger partial charge in [-0.05, 0) is 0 Å². The Morgan fingerprint density at radius 3 is 1.88 bits per heavy atom. The highest BCUT2D eigenvalue weighted by atomic mass is 16.7. The topological polar surface area (TPSA) is 25.1 Å². The minimum atomic E-state index is 0.416. The molecule has 2 fully saturated rings. The van der Waals surface area contributed by atoms with Crippen LogP contribution in [0.1, 0.15) is 0 Å². The molecule has 42 valence electrons. The molecule has 2 heteroatoms. The van der Waals surface area contributed by atoms with Crippen molar-refractivity contribution in [2.75, 3.05) is 0 Å². The Bertz CT molecular complexity index is 146. The first kappa shape index (κ1) is 3.64. The Kier molecular flexibility index (Phi) is 0.396. The van der Waals surface area contributed by atoms with Crippen LogP contribution in [0.15, 0.2) is 12.2 Å². The molecule has 0 aromatic carbocycles. The lowest BCUT2D eigenvalue weighted by Crippen LogP contribution is -2.06. The number of rotatable bonds is 0. The van der Waals surface area contributed by atoms with Crippen LogP contribution in [-0.2, 0) is 9.47 Å². The molecule has 0 saturated carbocycles. The van der Waals surface area contributed by atoms with Crippen molar-refractivity contribution in [3.05, 3.63) is 12.2 Å². The second-order valence-corrected chi connectivity index (χ2v) is 2.52. The third-order valence-electron chi connectivity index (χ3n) is 1.94. The van der Waals surface area contributed by atoms with E-state index in [0.29, 0.717) is 24.4 Å². The second kappa shape index (κ2) is 0.870. The fraction of sp³-hybridized carbons (Fsp3) is 0.667. The Hall–Kier alpha value is -0.340. The summed E-state index contributed by atoms with van der Waals surface area (Å²) in [7, 11) is 0. The average molecular weight is 110 g/mol. The molecule has 3 aliphatic rings. The Morgan fingerprint density at radius 2 is 1.38 bits per heavy atom. The van der Waals surface area contributed by atoms with Gasteiger partial charge in [0.2, 0.25) is 0 Å². The van der Waals surface area contributed by atoms with E-state index in [0.717, 1.165) is 0 Å². The quantitative estimate of drug-likeness (QED) is 0.326. The molecule has 2 aliphatic heterocycles. The van der Waals surface area contributed by atoms with Crippen molar-refractivity contribution in [1.82, 2.24) is 0 Å². The highest BCUT2D eigenvalue weighted by Gasteiger charge is 2.58. The largest absolute Gasteiger partial charge is 0.362 e. The molecule has 0 N–H and O–H groups in total. The van der Waals surface area contributed by atoms with Crippen LogP contribution in [0.3, 0.4) is 0 Å². The SMILES string of the molecule is C1=C[C@@H]2O[C@@H]2[C@H]2O[C@@H]12. The lowest BCUT2D eigenvalue weighted by molar-refractivity contribution is 0.314. The molecule has 3 rings (SSSR count). The minimum Gasteiger partial charge on any atom is -0.362 e. The highest BCUT2D eigenvalue weighted by molar-refractivity contribution is 5.22. The Labute approximate surface area is 47.1 Å². The maximum Gasteiger partial charge on any atom is 0.117 e. The summed E-state index contributed by atoms with van der Waals surface area (Å²) < 4.78 is 10.4.